The molecule has 1 unspecified atom stereocenters. The lowest BCUT2D eigenvalue weighted by Crippen LogP contribution is -2.36. The highest BCUT2D eigenvalue weighted by molar-refractivity contribution is 5.93. The van der Waals surface area contributed by atoms with E-state index in [-0.39, 0.29) is 5.56 Å². The van der Waals surface area contributed by atoms with Crippen LogP contribution in [0.3, 0.4) is 0 Å². The lowest BCUT2D eigenvalue weighted by atomic mass is 9.91. The summed E-state index contributed by atoms with van der Waals surface area (Å²) < 4.78 is 39.4. The molecule has 3 rings (SSSR count). The number of imidazole rings is 1. The monoisotopic (exact) mass is 446 g/mol. The number of aliphatic imine (C=N–C) groups is 1. The van der Waals surface area contributed by atoms with Crippen molar-refractivity contribution in [1.82, 2.24) is 15.3 Å². The minimum absolute atomic E-state index is 0.287. The van der Waals surface area contributed by atoms with E-state index in [1.807, 2.05) is 18.2 Å². The number of aromatic amines is 1. The number of para-hydroxylation sites is 1. The second-order valence-corrected chi connectivity index (χ2v) is 7.41. The molecular formula is C22H25F3N6O. The fourth-order valence-corrected chi connectivity index (χ4v) is 3.29. The highest BCUT2D eigenvalue weighted by Gasteiger charge is 2.33. The third kappa shape index (κ3) is 5.02. The molecule has 0 spiro atoms. The molecule has 0 saturated carbocycles. The summed E-state index contributed by atoms with van der Waals surface area (Å²) in [6, 6.07) is 10.5. The van der Waals surface area contributed by atoms with E-state index < -0.39 is 23.9 Å². The van der Waals surface area contributed by atoms with Crippen LogP contribution in [0.25, 0.3) is 11.0 Å². The van der Waals surface area contributed by atoms with Gasteiger partial charge in [0.25, 0.3) is 0 Å². The number of halogens is 3. The van der Waals surface area contributed by atoms with Gasteiger partial charge in [0.1, 0.15) is 5.84 Å². The molecule has 1 aromatic heterocycles. The van der Waals surface area contributed by atoms with E-state index >= 15 is 0 Å². The maximum Gasteiger partial charge on any atom is 0.416 e. The summed E-state index contributed by atoms with van der Waals surface area (Å²) in [4.78, 5) is 11.8. The Balaban J connectivity index is 1.89. The molecule has 0 fully saturated rings. The molecule has 2 aromatic carbocycles. The number of H-pyrrole nitrogens is 1. The number of fused-ring (bicyclic) bond motifs is 1. The number of hydrogen-bond donors (Lipinski definition) is 5. The summed E-state index contributed by atoms with van der Waals surface area (Å²) in [5.41, 5.74) is 6.02. The Morgan fingerprint density at radius 3 is 2.59 bits per heavy atom. The average Bonchev–Trinajstić information content (AvgIpc) is 3.18. The number of hydrogen-bond acceptors (Lipinski definition) is 5. The number of aromatic nitrogens is 2. The number of nitrogens with zero attached hydrogens (tertiary/aromatic N) is 2. The largest absolute Gasteiger partial charge is 0.416 e. The first kappa shape index (κ1) is 23.1. The molecule has 0 bridgehead atoms. The van der Waals surface area contributed by atoms with Crippen molar-refractivity contribution in [1.29, 1.82) is 0 Å². The number of benzene rings is 2. The van der Waals surface area contributed by atoms with Crippen LogP contribution < -0.4 is 16.4 Å². The molecule has 7 nitrogen and oxygen atoms in total. The van der Waals surface area contributed by atoms with Crippen molar-refractivity contribution in [3.05, 3.63) is 71.4 Å². The molecule has 1 atom stereocenters. The van der Waals surface area contributed by atoms with Crippen LogP contribution in [0.4, 0.5) is 19.1 Å². The number of rotatable bonds is 7. The van der Waals surface area contributed by atoms with Crippen molar-refractivity contribution in [2.24, 2.45) is 10.7 Å². The topological polar surface area (TPSA) is 111 Å². The summed E-state index contributed by atoms with van der Waals surface area (Å²) >= 11 is 0. The molecule has 0 aliphatic carbocycles. The van der Waals surface area contributed by atoms with Gasteiger partial charge in [-0.25, -0.2) is 4.98 Å². The Morgan fingerprint density at radius 2 is 1.94 bits per heavy atom. The second-order valence-electron chi connectivity index (χ2n) is 7.41. The molecule has 0 aliphatic heterocycles. The fraction of sp³-hybridized carbons (Fsp3) is 0.273. The predicted octanol–water partition coefficient (Wildman–Crippen LogP) is 3.49. The van der Waals surface area contributed by atoms with Crippen molar-refractivity contribution in [2.75, 3.05) is 19.0 Å². The SMILES string of the molecule is CN=C(/C=C\N)NCc1cccc2[nH]c(NC(C)(CO)c3cccc(C(F)(F)F)c3)nc12. The second kappa shape index (κ2) is 9.31. The van der Waals surface area contributed by atoms with E-state index in [0.717, 1.165) is 23.2 Å². The number of anilines is 1. The molecule has 1 heterocycles. The number of nitrogens with two attached hydrogens (primary N) is 1. The van der Waals surface area contributed by atoms with Gasteiger partial charge in [-0.1, -0.05) is 24.3 Å². The molecule has 3 aromatic rings. The zero-order chi connectivity index (χ0) is 23.4. The third-order valence-electron chi connectivity index (χ3n) is 5.09. The minimum atomic E-state index is -4.48. The van der Waals surface area contributed by atoms with Crippen molar-refractivity contribution >= 4 is 22.8 Å². The zero-order valence-corrected chi connectivity index (χ0v) is 17.7. The fourth-order valence-electron chi connectivity index (χ4n) is 3.29. The maximum absolute atomic E-state index is 13.1. The Morgan fingerprint density at radius 1 is 1.22 bits per heavy atom. The summed E-state index contributed by atoms with van der Waals surface area (Å²) in [5.74, 6) is 0.934. The zero-order valence-electron chi connectivity index (χ0n) is 17.7. The van der Waals surface area contributed by atoms with Crippen LogP contribution in [0.5, 0.6) is 0 Å². The van der Waals surface area contributed by atoms with Gasteiger partial charge >= 0.3 is 6.18 Å². The Bertz CT molecular complexity index is 1140. The quantitative estimate of drug-likeness (QED) is 0.282. The van der Waals surface area contributed by atoms with Crippen LogP contribution in [0.1, 0.15) is 23.6 Å². The average molecular weight is 446 g/mol. The van der Waals surface area contributed by atoms with Crippen LogP contribution in [-0.2, 0) is 18.3 Å². The van der Waals surface area contributed by atoms with Gasteiger partial charge < -0.3 is 26.5 Å². The van der Waals surface area contributed by atoms with Crippen molar-refractivity contribution in [3.63, 3.8) is 0 Å². The minimum Gasteiger partial charge on any atom is -0.404 e. The van der Waals surface area contributed by atoms with Crippen molar-refractivity contribution in [3.8, 4) is 0 Å². The van der Waals surface area contributed by atoms with Crippen LogP contribution in [0.2, 0.25) is 0 Å². The predicted molar refractivity (Wildman–Crippen MR) is 119 cm³/mol. The summed E-state index contributed by atoms with van der Waals surface area (Å²) in [5, 5.41) is 16.2. The normalized spacial score (nSPS) is 14.6. The lowest BCUT2D eigenvalue weighted by Gasteiger charge is -2.29. The van der Waals surface area contributed by atoms with E-state index in [0.29, 0.717) is 23.8 Å². The smallest absolute Gasteiger partial charge is 0.404 e. The number of alkyl halides is 3. The lowest BCUT2D eigenvalue weighted by molar-refractivity contribution is -0.137. The first-order valence-corrected chi connectivity index (χ1v) is 9.83. The van der Waals surface area contributed by atoms with E-state index in [1.165, 1.54) is 18.3 Å². The number of amidine groups is 1. The molecular weight excluding hydrogens is 421 g/mol. The van der Waals surface area contributed by atoms with E-state index in [9.17, 15) is 18.3 Å². The molecule has 0 amide bonds. The molecule has 0 aliphatic rings. The van der Waals surface area contributed by atoms with Gasteiger partial charge in [-0.15, -0.1) is 0 Å². The van der Waals surface area contributed by atoms with Crippen molar-refractivity contribution in [2.45, 2.75) is 25.2 Å². The summed E-state index contributed by atoms with van der Waals surface area (Å²) in [6.07, 6.45) is -1.46. The van der Waals surface area contributed by atoms with Gasteiger partial charge in [0.05, 0.1) is 28.7 Å². The van der Waals surface area contributed by atoms with Gasteiger partial charge in [0, 0.05) is 13.6 Å². The van der Waals surface area contributed by atoms with Gasteiger partial charge in [-0.3, -0.25) is 4.99 Å². The molecule has 10 heteroatoms. The van der Waals surface area contributed by atoms with Crippen LogP contribution in [0.15, 0.2) is 59.7 Å². The third-order valence-corrected chi connectivity index (χ3v) is 5.09. The van der Waals surface area contributed by atoms with Gasteiger partial charge in [0.2, 0.25) is 5.95 Å². The van der Waals surface area contributed by atoms with Gasteiger partial charge in [-0.2, -0.15) is 13.2 Å². The van der Waals surface area contributed by atoms with E-state index in [4.69, 9.17) is 5.73 Å². The first-order chi connectivity index (χ1) is 15.2. The van der Waals surface area contributed by atoms with Gasteiger partial charge in [-0.05, 0) is 48.5 Å². The summed E-state index contributed by atoms with van der Waals surface area (Å²) in [6.45, 7) is 1.60. The number of aliphatic hydroxyl groups excluding tert-OH is 1. The first-order valence-electron chi connectivity index (χ1n) is 9.83. The highest BCUT2D eigenvalue weighted by atomic mass is 19.4. The van der Waals surface area contributed by atoms with E-state index in [2.05, 4.69) is 25.6 Å². The van der Waals surface area contributed by atoms with Crippen LogP contribution >= 0.6 is 0 Å². The molecule has 6 N–H and O–H groups in total. The molecule has 32 heavy (non-hydrogen) atoms. The molecule has 0 radical (unpaired) electrons. The Hall–Kier alpha value is -3.53. The number of aliphatic hydroxyl groups is 1. The van der Waals surface area contributed by atoms with E-state index in [1.54, 1.807) is 20.0 Å². The van der Waals surface area contributed by atoms with Crippen LogP contribution in [0, 0.1) is 0 Å². The number of nitrogens with one attached hydrogen (secondary N) is 3. The van der Waals surface area contributed by atoms with Crippen LogP contribution in [-0.4, -0.2) is 34.6 Å². The Kier molecular flexibility index (Phi) is 6.73. The Labute approximate surface area is 183 Å². The molecule has 0 saturated heterocycles. The highest BCUT2D eigenvalue weighted by Crippen LogP contribution is 2.33. The van der Waals surface area contributed by atoms with Gasteiger partial charge in [0.15, 0.2) is 0 Å². The summed E-state index contributed by atoms with van der Waals surface area (Å²) in [7, 11) is 1.64. The van der Waals surface area contributed by atoms with Crippen molar-refractivity contribution < 1.29 is 18.3 Å². The standard InChI is InChI=1S/C22H25F3N6O/c1-21(13-32,15-6-4-7-16(11-15)22(23,24)25)31-20-29-17-8-3-5-14(19(17)30-20)12-28-18(27-2)9-10-26/h3-11,32H,12-13,26H2,1-2H3,(H,27,28)(H2,29,30,31)/b10-9-. The molecule has 170 valence electrons. The maximum atomic E-state index is 13.1.